The third kappa shape index (κ3) is 3.24. The average molecular weight is 309 g/mol. The fourth-order valence-corrected chi connectivity index (χ4v) is 4.24. The van der Waals surface area contributed by atoms with Gasteiger partial charge < -0.3 is 14.8 Å². The maximum Gasteiger partial charge on any atom is 0.162 e. The molecule has 1 N–H and O–H groups in total. The number of ether oxygens (including phenoxy) is 2. The zero-order valence-corrected chi connectivity index (χ0v) is 13.3. The molecular formula is C16H23NO3S. The van der Waals surface area contributed by atoms with E-state index in [4.69, 9.17) is 9.47 Å². The number of rotatable bonds is 3. The molecule has 0 radical (unpaired) electrons. The van der Waals surface area contributed by atoms with Crippen molar-refractivity contribution in [3.05, 3.63) is 17.7 Å². The highest BCUT2D eigenvalue weighted by atomic mass is 32.2. The van der Waals surface area contributed by atoms with E-state index in [1.54, 1.807) is 0 Å². The minimum absolute atomic E-state index is 0.267. The van der Waals surface area contributed by atoms with Crippen molar-refractivity contribution in [1.29, 1.82) is 0 Å². The summed E-state index contributed by atoms with van der Waals surface area (Å²) < 4.78 is 24.0. The predicted octanol–water partition coefficient (Wildman–Crippen LogP) is 2.79. The Morgan fingerprint density at radius 2 is 2.00 bits per heavy atom. The van der Waals surface area contributed by atoms with E-state index in [9.17, 15) is 4.21 Å². The van der Waals surface area contributed by atoms with Gasteiger partial charge >= 0.3 is 0 Å². The van der Waals surface area contributed by atoms with Crippen LogP contribution in [-0.4, -0.2) is 29.7 Å². The Balaban J connectivity index is 2.00. The quantitative estimate of drug-likeness (QED) is 0.933. The Hall–Kier alpha value is -1.07. The monoisotopic (exact) mass is 309 g/mol. The molecule has 2 aliphatic rings. The van der Waals surface area contributed by atoms with Crippen LogP contribution >= 0.6 is 0 Å². The average Bonchev–Trinajstić information content (AvgIpc) is 2.80. The number of nitrogens with one attached hydrogen (secondary N) is 1. The van der Waals surface area contributed by atoms with Crippen molar-refractivity contribution in [3.63, 3.8) is 0 Å². The van der Waals surface area contributed by atoms with E-state index in [0.717, 1.165) is 59.9 Å². The van der Waals surface area contributed by atoms with Gasteiger partial charge in [0.15, 0.2) is 11.5 Å². The molecule has 2 aliphatic heterocycles. The van der Waals surface area contributed by atoms with Crippen molar-refractivity contribution < 1.29 is 13.7 Å². The van der Waals surface area contributed by atoms with Gasteiger partial charge in [0.1, 0.15) is 0 Å². The summed E-state index contributed by atoms with van der Waals surface area (Å²) in [6, 6.07) is 4.26. The van der Waals surface area contributed by atoms with Gasteiger partial charge in [0.25, 0.3) is 0 Å². The Morgan fingerprint density at radius 1 is 1.24 bits per heavy atom. The fourth-order valence-electron chi connectivity index (χ4n) is 2.89. The second kappa shape index (κ2) is 6.79. The molecule has 1 aromatic rings. The Morgan fingerprint density at radius 3 is 2.76 bits per heavy atom. The van der Waals surface area contributed by atoms with Crippen LogP contribution in [0.25, 0.3) is 0 Å². The molecule has 21 heavy (non-hydrogen) atoms. The second-order valence-electron chi connectivity index (χ2n) is 5.59. The number of benzene rings is 1. The van der Waals surface area contributed by atoms with Gasteiger partial charge in [-0.05, 0) is 37.4 Å². The van der Waals surface area contributed by atoms with Gasteiger partial charge in [0, 0.05) is 29.2 Å². The number of fused-ring (bicyclic) bond motifs is 2. The van der Waals surface area contributed by atoms with Crippen molar-refractivity contribution >= 4 is 10.8 Å². The second-order valence-corrected chi connectivity index (χ2v) is 7.12. The molecule has 0 saturated heterocycles. The molecule has 1 aromatic carbocycles. The molecule has 0 spiro atoms. The molecule has 0 aliphatic carbocycles. The predicted molar refractivity (Wildman–Crippen MR) is 83.6 cm³/mol. The minimum Gasteiger partial charge on any atom is -0.490 e. The highest BCUT2D eigenvalue weighted by molar-refractivity contribution is 7.85. The summed E-state index contributed by atoms with van der Waals surface area (Å²) in [5.41, 5.74) is 1.13. The summed E-state index contributed by atoms with van der Waals surface area (Å²) in [4.78, 5) is 0.922. The lowest BCUT2D eigenvalue weighted by atomic mass is 10.0. The zero-order valence-electron chi connectivity index (χ0n) is 12.5. The summed E-state index contributed by atoms with van der Waals surface area (Å²) in [5, 5.41) is 3.58. The van der Waals surface area contributed by atoms with Crippen molar-refractivity contribution in [2.75, 3.05) is 25.5 Å². The summed E-state index contributed by atoms with van der Waals surface area (Å²) in [7, 11) is -0.938. The molecule has 2 unspecified atom stereocenters. The maximum atomic E-state index is 12.5. The van der Waals surface area contributed by atoms with E-state index < -0.39 is 10.8 Å². The Bertz CT molecular complexity index is 532. The van der Waals surface area contributed by atoms with E-state index in [-0.39, 0.29) is 6.04 Å². The molecule has 0 saturated carbocycles. The SMILES string of the molecule is CCCNC1CCCS(=O)c2cc3c(cc21)OCCCO3. The van der Waals surface area contributed by atoms with E-state index in [1.165, 1.54) is 0 Å². The maximum absolute atomic E-state index is 12.5. The van der Waals surface area contributed by atoms with Crippen molar-refractivity contribution in [3.8, 4) is 11.5 Å². The number of hydrogen-bond donors (Lipinski definition) is 1. The zero-order chi connectivity index (χ0) is 14.7. The van der Waals surface area contributed by atoms with E-state index in [0.29, 0.717) is 13.2 Å². The third-order valence-corrected chi connectivity index (χ3v) is 5.47. The Kier molecular flexibility index (Phi) is 4.80. The molecule has 2 heterocycles. The Labute approximate surface area is 128 Å². The van der Waals surface area contributed by atoms with E-state index in [2.05, 4.69) is 12.2 Å². The standard InChI is InChI=1S/C16H23NO3S/c1-2-6-17-13-5-3-9-21(18)16-11-15-14(10-12(13)16)19-7-4-8-20-15/h10-11,13,17H,2-9H2,1H3. The molecule has 5 heteroatoms. The molecule has 4 nitrogen and oxygen atoms in total. The van der Waals surface area contributed by atoms with Crippen LogP contribution in [0.15, 0.2) is 17.0 Å². The van der Waals surface area contributed by atoms with Gasteiger partial charge in [-0.1, -0.05) is 6.92 Å². The molecule has 0 amide bonds. The lowest BCUT2D eigenvalue weighted by molar-refractivity contribution is 0.296. The molecule has 0 aromatic heterocycles. The first-order valence-corrected chi connectivity index (χ1v) is 9.16. The third-order valence-electron chi connectivity index (χ3n) is 3.96. The normalized spacial score (nSPS) is 24.8. The van der Waals surface area contributed by atoms with Crippen LogP contribution in [0.4, 0.5) is 0 Å². The van der Waals surface area contributed by atoms with Gasteiger partial charge in [-0.25, -0.2) is 0 Å². The van der Waals surface area contributed by atoms with Gasteiger partial charge in [0.05, 0.1) is 24.0 Å². The first-order valence-electron chi connectivity index (χ1n) is 7.85. The van der Waals surface area contributed by atoms with Gasteiger partial charge in [-0.3, -0.25) is 4.21 Å². The lowest BCUT2D eigenvalue weighted by Crippen LogP contribution is -2.22. The van der Waals surface area contributed by atoms with Crippen LogP contribution in [0.3, 0.4) is 0 Å². The summed E-state index contributed by atoms with van der Waals surface area (Å²) in [5.74, 6) is 2.28. The van der Waals surface area contributed by atoms with Crippen LogP contribution in [0.5, 0.6) is 11.5 Å². The highest BCUT2D eigenvalue weighted by Crippen LogP contribution is 2.39. The summed E-state index contributed by atoms with van der Waals surface area (Å²) in [6.07, 6.45) is 3.99. The molecule has 2 atom stereocenters. The van der Waals surface area contributed by atoms with Gasteiger partial charge in [0.2, 0.25) is 0 Å². The first-order chi connectivity index (χ1) is 10.3. The summed E-state index contributed by atoms with van der Waals surface area (Å²) in [6.45, 7) is 4.49. The lowest BCUT2D eigenvalue weighted by Gasteiger charge is -2.20. The van der Waals surface area contributed by atoms with Gasteiger partial charge in [-0.15, -0.1) is 0 Å². The first kappa shape index (κ1) is 14.9. The van der Waals surface area contributed by atoms with Crippen molar-refractivity contribution in [2.45, 2.75) is 43.5 Å². The van der Waals surface area contributed by atoms with Crippen molar-refractivity contribution in [1.82, 2.24) is 5.32 Å². The molecular weight excluding hydrogens is 286 g/mol. The topological polar surface area (TPSA) is 47.6 Å². The molecule has 116 valence electrons. The largest absolute Gasteiger partial charge is 0.490 e. The van der Waals surface area contributed by atoms with Crippen molar-refractivity contribution in [2.24, 2.45) is 0 Å². The van der Waals surface area contributed by atoms with Crippen LogP contribution in [-0.2, 0) is 10.8 Å². The number of hydrogen-bond acceptors (Lipinski definition) is 4. The highest BCUT2D eigenvalue weighted by Gasteiger charge is 2.25. The minimum atomic E-state index is -0.938. The van der Waals surface area contributed by atoms with Crippen LogP contribution < -0.4 is 14.8 Å². The molecule has 0 bridgehead atoms. The van der Waals surface area contributed by atoms with Crippen LogP contribution in [0, 0.1) is 0 Å². The van der Waals surface area contributed by atoms with Crippen LogP contribution in [0.2, 0.25) is 0 Å². The van der Waals surface area contributed by atoms with Gasteiger partial charge in [-0.2, -0.15) is 0 Å². The fraction of sp³-hybridized carbons (Fsp3) is 0.625. The van der Waals surface area contributed by atoms with Crippen LogP contribution in [0.1, 0.15) is 44.2 Å². The molecule has 3 rings (SSSR count). The van der Waals surface area contributed by atoms with E-state index in [1.807, 2.05) is 12.1 Å². The summed E-state index contributed by atoms with van der Waals surface area (Å²) >= 11 is 0. The molecule has 0 fully saturated rings. The smallest absolute Gasteiger partial charge is 0.162 e. The van der Waals surface area contributed by atoms with E-state index >= 15 is 0 Å².